The van der Waals surface area contributed by atoms with E-state index < -0.39 is 9.84 Å². The highest BCUT2D eigenvalue weighted by Gasteiger charge is 2.11. The fourth-order valence-corrected chi connectivity index (χ4v) is 3.05. The van der Waals surface area contributed by atoms with Gasteiger partial charge in [-0.2, -0.15) is 0 Å². The molecule has 0 bridgehead atoms. The maximum Gasteiger partial charge on any atom is 0.151 e. The Morgan fingerprint density at radius 1 is 1.20 bits per heavy atom. The van der Waals surface area contributed by atoms with Crippen molar-refractivity contribution in [3.05, 3.63) is 36.0 Å². The highest BCUT2D eigenvalue weighted by atomic mass is 32.2. The summed E-state index contributed by atoms with van der Waals surface area (Å²) in [6.45, 7) is 6.02. The molecule has 0 radical (unpaired) electrons. The second kappa shape index (κ2) is 6.41. The van der Waals surface area contributed by atoms with Gasteiger partial charge in [0.05, 0.1) is 5.75 Å². The molecule has 5 heteroatoms. The fourth-order valence-electron chi connectivity index (χ4n) is 2.29. The molecule has 1 aromatic carbocycles. The third-order valence-corrected chi connectivity index (χ3v) is 5.20. The van der Waals surface area contributed by atoms with Crippen LogP contribution in [-0.2, 0) is 22.9 Å². The zero-order valence-corrected chi connectivity index (χ0v) is 12.9. The van der Waals surface area contributed by atoms with Gasteiger partial charge in [-0.15, -0.1) is 0 Å². The van der Waals surface area contributed by atoms with Gasteiger partial charge in [0, 0.05) is 35.9 Å². The van der Waals surface area contributed by atoms with Crippen LogP contribution in [0.4, 0.5) is 0 Å². The average molecular weight is 294 g/mol. The van der Waals surface area contributed by atoms with Crippen LogP contribution in [0.15, 0.2) is 30.5 Å². The third-order valence-electron chi connectivity index (χ3n) is 3.52. The first-order valence-electron chi connectivity index (χ1n) is 7.05. The van der Waals surface area contributed by atoms with Crippen molar-refractivity contribution in [3.63, 3.8) is 0 Å². The Hall–Kier alpha value is -1.33. The number of hydrogen-bond acceptors (Lipinski definition) is 3. The van der Waals surface area contributed by atoms with Crippen molar-refractivity contribution in [3.8, 4) is 0 Å². The Balaban J connectivity index is 2.29. The minimum absolute atomic E-state index is 0.197. The molecule has 2 aromatic rings. The molecule has 4 nitrogen and oxygen atoms in total. The van der Waals surface area contributed by atoms with E-state index in [-0.39, 0.29) is 11.5 Å². The van der Waals surface area contributed by atoms with Crippen molar-refractivity contribution >= 4 is 20.7 Å². The van der Waals surface area contributed by atoms with E-state index in [0.717, 1.165) is 18.6 Å². The van der Waals surface area contributed by atoms with Gasteiger partial charge in [0.25, 0.3) is 0 Å². The molecule has 20 heavy (non-hydrogen) atoms. The summed E-state index contributed by atoms with van der Waals surface area (Å²) in [6, 6.07) is 8.14. The van der Waals surface area contributed by atoms with Crippen molar-refractivity contribution < 1.29 is 8.42 Å². The number of nitrogens with one attached hydrogen (secondary N) is 1. The second-order valence-electron chi connectivity index (χ2n) is 4.88. The first-order chi connectivity index (χ1) is 9.57. The molecule has 1 N–H and O–H groups in total. The fraction of sp³-hybridized carbons (Fsp3) is 0.467. The quantitative estimate of drug-likeness (QED) is 0.851. The van der Waals surface area contributed by atoms with Gasteiger partial charge in [-0.25, -0.2) is 8.42 Å². The predicted molar refractivity (Wildman–Crippen MR) is 83.6 cm³/mol. The van der Waals surface area contributed by atoms with Crippen molar-refractivity contribution in [2.24, 2.45) is 0 Å². The Labute approximate surface area is 120 Å². The smallest absolute Gasteiger partial charge is 0.151 e. The molecule has 2 rings (SSSR count). The summed E-state index contributed by atoms with van der Waals surface area (Å²) in [6.07, 6.45) is 2.07. The molecular weight excluding hydrogens is 272 g/mol. The van der Waals surface area contributed by atoms with Gasteiger partial charge >= 0.3 is 0 Å². The maximum atomic E-state index is 11.7. The van der Waals surface area contributed by atoms with Gasteiger partial charge in [0.1, 0.15) is 0 Å². The molecule has 0 spiro atoms. The number of rotatable bonds is 7. The summed E-state index contributed by atoms with van der Waals surface area (Å²) >= 11 is 0. The Morgan fingerprint density at radius 2 is 1.95 bits per heavy atom. The zero-order chi connectivity index (χ0) is 14.6. The van der Waals surface area contributed by atoms with Gasteiger partial charge in [-0.1, -0.05) is 32.0 Å². The Morgan fingerprint density at radius 3 is 2.65 bits per heavy atom. The van der Waals surface area contributed by atoms with Gasteiger partial charge in [-0.05, 0) is 18.2 Å². The summed E-state index contributed by atoms with van der Waals surface area (Å²) in [4.78, 5) is 0. The van der Waals surface area contributed by atoms with Crippen molar-refractivity contribution in [1.82, 2.24) is 9.88 Å². The van der Waals surface area contributed by atoms with Crippen LogP contribution in [-0.4, -0.2) is 31.0 Å². The molecule has 0 saturated heterocycles. The molecule has 0 fully saturated rings. The highest BCUT2D eigenvalue weighted by molar-refractivity contribution is 7.91. The molecule has 0 aliphatic carbocycles. The maximum absolute atomic E-state index is 11.7. The van der Waals surface area contributed by atoms with E-state index in [2.05, 4.69) is 29.1 Å². The predicted octanol–water partition coefficient (Wildman–Crippen LogP) is 2.19. The number of fused-ring (bicyclic) bond motifs is 1. The molecule has 0 aliphatic heterocycles. The lowest BCUT2D eigenvalue weighted by Crippen LogP contribution is -2.14. The van der Waals surface area contributed by atoms with Gasteiger partial charge in [0.2, 0.25) is 0 Å². The van der Waals surface area contributed by atoms with Crippen LogP contribution in [0.3, 0.4) is 0 Å². The number of para-hydroxylation sites is 1. The molecule has 0 unspecified atom stereocenters. The number of aromatic nitrogens is 1. The van der Waals surface area contributed by atoms with Crippen LogP contribution >= 0.6 is 0 Å². The summed E-state index contributed by atoms with van der Waals surface area (Å²) in [7, 11) is -2.93. The lowest BCUT2D eigenvalue weighted by atomic mass is 10.2. The molecule has 0 amide bonds. The van der Waals surface area contributed by atoms with E-state index in [4.69, 9.17) is 0 Å². The Kier molecular flexibility index (Phi) is 4.83. The molecule has 110 valence electrons. The van der Waals surface area contributed by atoms with Crippen LogP contribution in [0, 0.1) is 0 Å². The lowest BCUT2D eigenvalue weighted by Gasteiger charge is -2.05. The van der Waals surface area contributed by atoms with E-state index in [1.54, 1.807) is 6.92 Å². The van der Waals surface area contributed by atoms with Crippen LogP contribution < -0.4 is 5.32 Å². The van der Waals surface area contributed by atoms with Crippen molar-refractivity contribution in [1.29, 1.82) is 0 Å². The molecule has 1 aromatic heterocycles. The summed E-state index contributed by atoms with van der Waals surface area (Å²) in [5, 5.41) is 4.52. The van der Waals surface area contributed by atoms with Crippen molar-refractivity contribution in [2.75, 3.05) is 18.1 Å². The van der Waals surface area contributed by atoms with Crippen LogP contribution in [0.5, 0.6) is 0 Å². The van der Waals surface area contributed by atoms with Crippen LogP contribution in [0.2, 0.25) is 0 Å². The van der Waals surface area contributed by atoms with Gasteiger partial charge in [-0.3, -0.25) is 0 Å². The van der Waals surface area contributed by atoms with Gasteiger partial charge < -0.3 is 9.88 Å². The third kappa shape index (κ3) is 3.41. The molecule has 0 atom stereocenters. The van der Waals surface area contributed by atoms with E-state index in [9.17, 15) is 8.42 Å². The molecule has 0 saturated carbocycles. The second-order valence-corrected chi connectivity index (χ2v) is 7.35. The monoisotopic (exact) mass is 294 g/mol. The summed E-state index contributed by atoms with van der Waals surface area (Å²) < 4.78 is 25.4. The topological polar surface area (TPSA) is 51.1 Å². The summed E-state index contributed by atoms with van der Waals surface area (Å²) in [5.74, 6) is 0.402. The standard InChI is InChI=1S/C15H22N2O2S/c1-3-16-11-13-12-17(9-10-20(18,19)4-2)15-8-6-5-7-14(13)15/h5-8,12,16H,3-4,9-11H2,1-2H3. The van der Waals surface area contributed by atoms with Crippen LogP contribution in [0.1, 0.15) is 19.4 Å². The largest absolute Gasteiger partial charge is 0.346 e. The number of sulfone groups is 1. The Bertz CT molecular complexity index is 674. The normalized spacial score (nSPS) is 12.1. The minimum Gasteiger partial charge on any atom is -0.346 e. The molecular formula is C15H22N2O2S. The average Bonchev–Trinajstić information content (AvgIpc) is 2.81. The van der Waals surface area contributed by atoms with Crippen molar-refractivity contribution in [2.45, 2.75) is 26.9 Å². The van der Waals surface area contributed by atoms with Crippen LogP contribution in [0.25, 0.3) is 10.9 Å². The summed E-state index contributed by atoms with van der Waals surface area (Å²) in [5.41, 5.74) is 2.32. The number of hydrogen-bond donors (Lipinski definition) is 1. The van der Waals surface area contributed by atoms with Gasteiger partial charge in [0.15, 0.2) is 9.84 Å². The van der Waals surface area contributed by atoms with E-state index in [1.165, 1.54) is 10.9 Å². The van der Waals surface area contributed by atoms with E-state index in [1.807, 2.05) is 18.2 Å². The SMILES string of the molecule is CCNCc1cn(CCS(=O)(=O)CC)c2ccccc12. The lowest BCUT2D eigenvalue weighted by molar-refractivity contribution is 0.591. The number of benzene rings is 1. The zero-order valence-electron chi connectivity index (χ0n) is 12.1. The first-order valence-corrected chi connectivity index (χ1v) is 8.87. The number of aryl methyl sites for hydroxylation is 1. The minimum atomic E-state index is -2.93. The van der Waals surface area contributed by atoms with E-state index >= 15 is 0 Å². The first kappa shape index (κ1) is 15.1. The van der Waals surface area contributed by atoms with E-state index in [0.29, 0.717) is 6.54 Å². The molecule has 0 aliphatic rings. The molecule has 1 heterocycles. The number of nitrogens with zero attached hydrogens (tertiary/aromatic N) is 1. The highest BCUT2D eigenvalue weighted by Crippen LogP contribution is 2.21.